The maximum Gasteiger partial charge on any atom is 0.275 e. The fraction of sp³-hybridized carbons (Fsp3) is 0.273. The Bertz CT molecular complexity index is 995. The third-order valence-corrected chi connectivity index (χ3v) is 5.41. The third kappa shape index (κ3) is 3.87. The maximum absolute atomic E-state index is 12.8. The third-order valence-electron chi connectivity index (χ3n) is 4.54. The van der Waals surface area contributed by atoms with Crippen LogP contribution in [0.15, 0.2) is 41.8 Å². The minimum absolute atomic E-state index is 0.222. The Labute approximate surface area is 169 Å². The zero-order chi connectivity index (χ0) is 20.3. The number of amides is 1. The zero-order valence-electron chi connectivity index (χ0n) is 16.7. The molecule has 0 fully saturated rings. The van der Waals surface area contributed by atoms with E-state index in [1.54, 1.807) is 19.6 Å². The second-order valence-corrected chi connectivity index (χ2v) is 7.59. The van der Waals surface area contributed by atoms with Crippen molar-refractivity contribution < 1.29 is 14.3 Å². The summed E-state index contributed by atoms with van der Waals surface area (Å²) in [6.45, 7) is 6.22. The largest absolute Gasteiger partial charge is 0.493 e. The standard InChI is InChI=1S/C22H24N2O3S/c1-13(2)15-9-6-8-14(3)19(15)24-21(25)17-12-28-22(23-17)16-10-7-11-18(26-4)20(16)27-5/h6-13H,1-5H3,(H,24,25). The minimum Gasteiger partial charge on any atom is -0.493 e. The highest BCUT2D eigenvalue weighted by atomic mass is 32.1. The number of aromatic nitrogens is 1. The van der Waals surface area contributed by atoms with Gasteiger partial charge in [-0.15, -0.1) is 11.3 Å². The Morgan fingerprint density at radius 3 is 2.54 bits per heavy atom. The van der Waals surface area contributed by atoms with E-state index in [1.807, 2.05) is 43.3 Å². The minimum atomic E-state index is -0.222. The van der Waals surface area contributed by atoms with Crippen molar-refractivity contribution in [2.45, 2.75) is 26.7 Å². The van der Waals surface area contributed by atoms with Crippen molar-refractivity contribution in [3.63, 3.8) is 0 Å². The molecule has 0 spiro atoms. The highest BCUT2D eigenvalue weighted by molar-refractivity contribution is 7.13. The number of hydrogen-bond donors (Lipinski definition) is 1. The number of aryl methyl sites for hydroxylation is 1. The van der Waals surface area contributed by atoms with Crippen molar-refractivity contribution in [1.82, 2.24) is 4.98 Å². The van der Waals surface area contributed by atoms with Crippen LogP contribution in [0.4, 0.5) is 5.69 Å². The van der Waals surface area contributed by atoms with Gasteiger partial charge in [0.25, 0.3) is 5.91 Å². The summed E-state index contributed by atoms with van der Waals surface area (Å²) in [7, 11) is 3.19. The Morgan fingerprint density at radius 2 is 1.86 bits per heavy atom. The molecule has 1 amide bonds. The zero-order valence-corrected chi connectivity index (χ0v) is 17.5. The Kier molecular flexibility index (Phi) is 5.99. The topological polar surface area (TPSA) is 60.5 Å². The van der Waals surface area contributed by atoms with Crippen LogP contribution in [0.1, 0.15) is 41.4 Å². The fourth-order valence-electron chi connectivity index (χ4n) is 3.08. The van der Waals surface area contributed by atoms with Gasteiger partial charge in [0.15, 0.2) is 11.5 Å². The average Bonchev–Trinajstić information content (AvgIpc) is 3.18. The van der Waals surface area contributed by atoms with E-state index in [0.717, 1.165) is 22.4 Å². The Hall–Kier alpha value is -2.86. The lowest BCUT2D eigenvalue weighted by molar-refractivity contribution is 0.102. The van der Waals surface area contributed by atoms with E-state index in [4.69, 9.17) is 9.47 Å². The van der Waals surface area contributed by atoms with E-state index in [1.165, 1.54) is 11.3 Å². The molecule has 28 heavy (non-hydrogen) atoms. The number of hydrogen-bond acceptors (Lipinski definition) is 5. The van der Waals surface area contributed by atoms with E-state index < -0.39 is 0 Å². The molecule has 3 aromatic rings. The van der Waals surface area contributed by atoms with Crippen LogP contribution in [-0.4, -0.2) is 25.1 Å². The first-order valence-corrected chi connectivity index (χ1v) is 9.92. The molecule has 0 aliphatic carbocycles. The summed E-state index contributed by atoms with van der Waals surface area (Å²) in [5, 5.41) is 5.51. The number of para-hydroxylation sites is 2. The molecule has 6 heteroatoms. The molecular weight excluding hydrogens is 372 g/mol. The molecule has 0 unspecified atom stereocenters. The summed E-state index contributed by atoms with van der Waals surface area (Å²) < 4.78 is 10.8. The quantitative estimate of drug-likeness (QED) is 0.597. The monoisotopic (exact) mass is 396 g/mol. The summed E-state index contributed by atoms with van der Waals surface area (Å²) in [6.07, 6.45) is 0. The van der Waals surface area contributed by atoms with Gasteiger partial charge in [0.1, 0.15) is 10.7 Å². The molecule has 1 aromatic heterocycles. The molecule has 2 aromatic carbocycles. The number of methoxy groups -OCH3 is 2. The van der Waals surface area contributed by atoms with Crippen molar-refractivity contribution in [2.75, 3.05) is 19.5 Å². The van der Waals surface area contributed by atoms with Crippen molar-refractivity contribution >= 4 is 22.9 Å². The first-order chi connectivity index (χ1) is 13.5. The highest BCUT2D eigenvalue weighted by Crippen LogP contribution is 2.39. The summed E-state index contributed by atoms with van der Waals surface area (Å²) in [5.41, 5.74) is 4.17. The van der Waals surface area contributed by atoms with Crippen LogP contribution in [0.5, 0.6) is 11.5 Å². The molecule has 0 atom stereocenters. The molecule has 0 aliphatic heterocycles. The normalized spacial score (nSPS) is 10.8. The van der Waals surface area contributed by atoms with Gasteiger partial charge in [0.2, 0.25) is 0 Å². The van der Waals surface area contributed by atoms with Crippen LogP contribution in [0.3, 0.4) is 0 Å². The number of nitrogens with one attached hydrogen (secondary N) is 1. The summed E-state index contributed by atoms with van der Waals surface area (Å²) in [4.78, 5) is 17.4. The molecule has 0 bridgehead atoms. The molecule has 5 nitrogen and oxygen atoms in total. The van der Waals surface area contributed by atoms with Crippen LogP contribution in [0.2, 0.25) is 0 Å². The average molecular weight is 397 g/mol. The van der Waals surface area contributed by atoms with E-state index in [-0.39, 0.29) is 5.91 Å². The van der Waals surface area contributed by atoms with Gasteiger partial charge >= 0.3 is 0 Å². The van der Waals surface area contributed by atoms with Crippen molar-refractivity contribution in [3.05, 3.63) is 58.6 Å². The van der Waals surface area contributed by atoms with E-state index in [9.17, 15) is 4.79 Å². The lowest BCUT2D eigenvalue weighted by Gasteiger charge is -2.15. The second-order valence-electron chi connectivity index (χ2n) is 6.73. The Balaban J connectivity index is 1.91. The first-order valence-electron chi connectivity index (χ1n) is 9.04. The highest BCUT2D eigenvalue weighted by Gasteiger charge is 2.19. The number of ether oxygens (including phenoxy) is 2. The molecule has 1 N–H and O–H groups in total. The van der Waals surface area contributed by atoms with Gasteiger partial charge in [-0.05, 0) is 36.1 Å². The lowest BCUT2D eigenvalue weighted by Crippen LogP contribution is -2.15. The lowest BCUT2D eigenvalue weighted by atomic mass is 9.98. The van der Waals surface area contributed by atoms with Gasteiger partial charge in [0, 0.05) is 11.1 Å². The summed E-state index contributed by atoms with van der Waals surface area (Å²) >= 11 is 1.40. The predicted molar refractivity (Wildman–Crippen MR) is 114 cm³/mol. The smallest absolute Gasteiger partial charge is 0.275 e. The van der Waals surface area contributed by atoms with Gasteiger partial charge in [0.05, 0.1) is 19.8 Å². The molecule has 146 valence electrons. The fourth-order valence-corrected chi connectivity index (χ4v) is 3.90. The van der Waals surface area contributed by atoms with Crippen LogP contribution in [0, 0.1) is 6.92 Å². The maximum atomic E-state index is 12.8. The number of carbonyl (C=O) groups excluding carboxylic acids is 1. The van der Waals surface area contributed by atoms with E-state index in [0.29, 0.717) is 28.1 Å². The van der Waals surface area contributed by atoms with Crippen molar-refractivity contribution in [1.29, 1.82) is 0 Å². The van der Waals surface area contributed by atoms with Gasteiger partial charge in [-0.1, -0.05) is 38.1 Å². The van der Waals surface area contributed by atoms with Crippen molar-refractivity contribution in [2.24, 2.45) is 0 Å². The molecule has 0 saturated carbocycles. The van der Waals surface area contributed by atoms with Crippen LogP contribution >= 0.6 is 11.3 Å². The SMILES string of the molecule is COc1cccc(-c2nc(C(=O)Nc3c(C)cccc3C(C)C)cs2)c1OC. The molecular formula is C22H24N2O3S. The Morgan fingerprint density at radius 1 is 1.11 bits per heavy atom. The van der Waals surface area contributed by atoms with Gasteiger partial charge < -0.3 is 14.8 Å². The second kappa shape index (κ2) is 8.44. The summed E-state index contributed by atoms with van der Waals surface area (Å²) in [5.74, 6) is 1.32. The number of thiazole rings is 1. The van der Waals surface area contributed by atoms with E-state index >= 15 is 0 Å². The number of benzene rings is 2. The van der Waals surface area contributed by atoms with Gasteiger partial charge in [-0.25, -0.2) is 4.98 Å². The van der Waals surface area contributed by atoms with Crippen LogP contribution < -0.4 is 14.8 Å². The first kappa shape index (κ1) is 19.9. The molecule has 1 heterocycles. The number of anilines is 1. The van der Waals surface area contributed by atoms with Gasteiger partial charge in [-0.2, -0.15) is 0 Å². The molecule has 0 aliphatic rings. The van der Waals surface area contributed by atoms with E-state index in [2.05, 4.69) is 24.1 Å². The van der Waals surface area contributed by atoms with Crippen molar-refractivity contribution in [3.8, 4) is 22.1 Å². The molecule has 3 rings (SSSR count). The summed E-state index contributed by atoms with van der Waals surface area (Å²) in [6, 6.07) is 11.7. The van der Waals surface area contributed by atoms with Crippen LogP contribution in [-0.2, 0) is 0 Å². The molecule has 0 radical (unpaired) electrons. The van der Waals surface area contributed by atoms with Gasteiger partial charge in [-0.3, -0.25) is 4.79 Å². The number of nitrogens with zero attached hydrogens (tertiary/aromatic N) is 1. The number of carbonyl (C=O) groups is 1. The van der Waals surface area contributed by atoms with Crippen LogP contribution in [0.25, 0.3) is 10.6 Å². The predicted octanol–water partition coefficient (Wildman–Crippen LogP) is 5.51. The number of rotatable bonds is 6. The molecule has 0 saturated heterocycles.